The summed E-state index contributed by atoms with van der Waals surface area (Å²) in [4.78, 5) is 29.6. The molecule has 1 saturated carbocycles. The number of amides is 1. The van der Waals surface area contributed by atoms with Crippen molar-refractivity contribution in [3.8, 4) is 6.07 Å². The number of fused-ring (bicyclic) bond motifs is 1. The minimum Gasteiger partial charge on any atom is -0.352 e. The molecule has 1 aliphatic carbocycles. The average Bonchev–Trinajstić information content (AvgIpc) is 3.30. The Bertz CT molecular complexity index is 1090. The lowest BCUT2D eigenvalue weighted by Crippen LogP contribution is -2.57. The monoisotopic (exact) mass is 372 g/mol. The predicted octanol–water partition coefficient (Wildman–Crippen LogP) is 2.52. The molecule has 140 valence electrons. The first kappa shape index (κ1) is 16.8. The summed E-state index contributed by atoms with van der Waals surface area (Å²) in [6.07, 6.45) is 5.71. The van der Waals surface area contributed by atoms with E-state index in [0.717, 1.165) is 48.3 Å². The Labute approximate surface area is 162 Å². The first-order chi connectivity index (χ1) is 13.7. The Morgan fingerprint density at radius 3 is 2.89 bits per heavy atom. The van der Waals surface area contributed by atoms with Crippen LogP contribution >= 0.6 is 0 Å². The molecule has 1 amide bonds. The van der Waals surface area contributed by atoms with Crippen LogP contribution in [-0.2, 0) is 6.42 Å². The van der Waals surface area contributed by atoms with Gasteiger partial charge >= 0.3 is 0 Å². The van der Waals surface area contributed by atoms with Crippen molar-refractivity contribution in [2.24, 2.45) is 0 Å². The number of aromatic amines is 1. The number of hydrogen-bond acceptors (Lipinski definition) is 5. The zero-order valence-corrected chi connectivity index (χ0v) is 15.4. The molecule has 1 aliphatic heterocycles. The van der Waals surface area contributed by atoms with E-state index in [1.54, 1.807) is 6.33 Å². The summed E-state index contributed by atoms with van der Waals surface area (Å²) >= 11 is 0. The second kappa shape index (κ2) is 6.34. The summed E-state index contributed by atoms with van der Waals surface area (Å²) < 4.78 is 0. The number of anilines is 1. The number of carbonyl (C=O) groups is 1. The molecule has 1 aromatic carbocycles. The molecular formula is C21H20N6O. The van der Waals surface area contributed by atoms with Crippen molar-refractivity contribution in [2.45, 2.75) is 24.8 Å². The highest BCUT2D eigenvalue weighted by Gasteiger charge is 2.53. The molecule has 1 spiro atoms. The highest BCUT2D eigenvalue weighted by Crippen LogP contribution is 2.46. The number of nitrogens with one attached hydrogen (secondary N) is 1. The molecule has 2 fully saturated rings. The third kappa shape index (κ3) is 2.61. The minimum absolute atomic E-state index is 0.0393. The van der Waals surface area contributed by atoms with Gasteiger partial charge in [0.1, 0.15) is 17.8 Å². The van der Waals surface area contributed by atoms with Crippen molar-refractivity contribution in [3.63, 3.8) is 0 Å². The Morgan fingerprint density at radius 1 is 1.21 bits per heavy atom. The van der Waals surface area contributed by atoms with Gasteiger partial charge in [-0.25, -0.2) is 9.97 Å². The van der Waals surface area contributed by atoms with E-state index in [4.69, 9.17) is 5.26 Å². The van der Waals surface area contributed by atoms with Crippen LogP contribution in [0.5, 0.6) is 0 Å². The summed E-state index contributed by atoms with van der Waals surface area (Å²) in [5, 5.41) is 10.1. The fraction of sp³-hybridized carbons (Fsp3) is 0.333. The third-order valence-electron chi connectivity index (χ3n) is 5.87. The zero-order chi connectivity index (χ0) is 19.1. The van der Waals surface area contributed by atoms with Crippen molar-refractivity contribution < 1.29 is 4.79 Å². The van der Waals surface area contributed by atoms with Crippen molar-refractivity contribution in [2.75, 3.05) is 24.5 Å². The fourth-order valence-electron chi connectivity index (χ4n) is 4.27. The molecule has 7 heteroatoms. The van der Waals surface area contributed by atoms with Gasteiger partial charge in [-0.1, -0.05) is 18.2 Å². The van der Waals surface area contributed by atoms with Gasteiger partial charge in [-0.3, -0.25) is 4.79 Å². The number of H-pyrrole nitrogens is 1. The van der Waals surface area contributed by atoms with E-state index in [9.17, 15) is 4.79 Å². The van der Waals surface area contributed by atoms with Crippen molar-refractivity contribution in [3.05, 3.63) is 54.0 Å². The maximum atomic E-state index is 13.3. The molecule has 2 aromatic heterocycles. The highest BCUT2D eigenvalue weighted by molar-refractivity contribution is 5.97. The second-order valence-corrected chi connectivity index (χ2v) is 7.53. The summed E-state index contributed by atoms with van der Waals surface area (Å²) in [7, 11) is 0. The molecule has 1 N–H and O–H groups in total. The van der Waals surface area contributed by atoms with Crippen LogP contribution in [0.25, 0.3) is 11.0 Å². The van der Waals surface area contributed by atoms with Crippen LogP contribution < -0.4 is 4.90 Å². The van der Waals surface area contributed by atoms with Crippen LogP contribution in [0.3, 0.4) is 0 Å². The average molecular weight is 372 g/mol. The van der Waals surface area contributed by atoms with Gasteiger partial charge < -0.3 is 14.8 Å². The summed E-state index contributed by atoms with van der Waals surface area (Å²) in [6.45, 7) is 2.15. The summed E-state index contributed by atoms with van der Waals surface area (Å²) in [5.74, 6) is 0.965. The Kier molecular flexibility index (Phi) is 3.79. The molecule has 0 unspecified atom stereocenters. The molecule has 7 nitrogen and oxygen atoms in total. The van der Waals surface area contributed by atoms with Gasteiger partial charge in [-0.2, -0.15) is 5.26 Å². The normalized spacial score (nSPS) is 17.7. The van der Waals surface area contributed by atoms with Crippen LogP contribution in [0.1, 0.15) is 28.8 Å². The number of hydrogen-bond donors (Lipinski definition) is 1. The number of carbonyl (C=O) groups excluding carboxylic acids is 1. The maximum absolute atomic E-state index is 13.3. The molecule has 2 aliphatic rings. The van der Waals surface area contributed by atoms with Gasteiger partial charge in [-0.15, -0.1) is 0 Å². The Hall–Kier alpha value is -3.40. The van der Waals surface area contributed by atoms with E-state index in [-0.39, 0.29) is 17.9 Å². The van der Waals surface area contributed by atoms with Gasteiger partial charge in [0, 0.05) is 31.4 Å². The van der Waals surface area contributed by atoms with Crippen LogP contribution in [0.4, 0.5) is 5.82 Å². The van der Waals surface area contributed by atoms with Crippen LogP contribution in [0, 0.1) is 11.3 Å². The van der Waals surface area contributed by atoms with Crippen LogP contribution in [0.15, 0.2) is 42.9 Å². The van der Waals surface area contributed by atoms with E-state index in [1.165, 1.54) is 0 Å². The predicted molar refractivity (Wildman–Crippen MR) is 105 cm³/mol. The van der Waals surface area contributed by atoms with Gasteiger partial charge in [0.2, 0.25) is 0 Å². The largest absolute Gasteiger partial charge is 0.352 e. The molecule has 1 saturated heterocycles. The number of nitrogens with zero attached hydrogens (tertiary/aromatic N) is 5. The number of benzene rings is 1. The van der Waals surface area contributed by atoms with Crippen LogP contribution in [0.2, 0.25) is 0 Å². The quantitative estimate of drug-likeness (QED) is 0.763. The first-order valence-corrected chi connectivity index (χ1v) is 9.52. The molecule has 5 rings (SSSR count). The van der Waals surface area contributed by atoms with E-state index >= 15 is 0 Å². The molecule has 28 heavy (non-hydrogen) atoms. The lowest BCUT2D eigenvalue weighted by atomic mass is 10.0. The van der Waals surface area contributed by atoms with E-state index < -0.39 is 0 Å². The zero-order valence-electron chi connectivity index (χ0n) is 15.4. The molecule has 3 heterocycles. The lowest BCUT2D eigenvalue weighted by molar-refractivity contribution is 0.0623. The number of nitriles is 1. The molecule has 0 bridgehead atoms. The number of rotatable bonds is 3. The van der Waals surface area contributed by atoms with Gasteiger partial charge in [0.25, 0.3) is 5.91 Å². The Morgan fingerprint density at radius 2 is 2.07 bits per heavy atom. The van der Waals surface area contributed by atoms with Gasteiger partial charge in [0.15, 0.2) is 0 Å². The summed E-state index contributed by atoms with van der Waals surface area (Å²) in [5.41, 5.74) is 2.15. The minimum atomic E-state index is -0.136. The smallest absolute Gasteiger partial charge is 0.254 e. The molecule has 0 radical (unpaired) electrons. The number of aromatic nitrogens is 3. The molecule has 3 aromatic rings. The van der Waals surface area contributed by atoms with Crippen LogP contribution in [-0.4, -0.2) is 50.9 Å². The second-order valence-electron chi connectivity index (χ2n) is 7.53. The van der Waals surface area contributed by atoms with E-state index in [1.807, 2.05) is 41.4 Å². The first-order valence-electron chi connectivity index (χ1n) is 9.52. The fourth-order valence-corrected chi connectivity index (χ4v) is 4.27. The van der Waals surface area contributed by atoms with Crippen molar-refractivity contribution in [1.29, 1.82) is 5.26 Å². The lowest BCUT2D eigenvalue weighted by Gasteiger charge is -2.43. The maximum Gasteiger partial charge on any atom is 0.254 e. The van der Waals surface area contributed by atoms with Crippen molar-refractivity contribution in [1.82, 2.24) is 19.9 Å². The molecular weight excluding hydrogens is 352 g/mol. The topological polar surface area (TPSA) is 88.9 Å². The van der Waals surface area contributed by atoms with Gasteiger partial charge in [-0.05, 0) is 30.5 Å². The van der Waals surface area contributed by atoms with Crippen molar-refractivity contribution >= 4 is 22.8 Å². The van der Waals surface area contributed by atoms with Gasteiger partial charge in [0.05, 0.1) is 23.4 Å². The Balaban J connectivity index is 1.43. The standard InChI is InChI=1S/C21H20N6O/c22-9-5-15-3-1-2-4-16(15)20(28)27-12-11-26(13-21(27)7-8-21)19-17-6-10-23-18(17)24-14-25-19/h1-4,6,10,14H,5,7-8,11-13H2,(H,23,24,25). The molecule has 0 atom stereocenters. The number of piperazine rings is 1. The SMILES string of the molecule is N#CCc1ccccc1C(=O)N1CCN(c2ncnc3[nH]ccc23)CC12CC2. The third-order valence-corrected chi connectivity index (χ3v) is 5.87. The van der Waals surface area contributed by atoms with E-state index in [0.29, 0.717) is 12.1 Å². The summed E-state index contributed by atoms with van der Waals surface area (Å²) in [6, 6.07) is 11.6. The highest BCUT2D eigenvalue weighted by atomic mass is 16.2. The van der Waals surface area contributed by atoms with E-state index in [2.05, 4.69) is 25.9 Å².